The van der Waals surface area contributed by atoms with Crippen molar-refractivity contribution < 1.29 is 13.9 Å². The van der Waals surface area contributed by atoms with Crippen LogP contribution in [0.4, 0.5) is 0 Å². The van der Waals surface area contributed by atoms with Gasteiger partial charge in [0.15, 0.2) is 0 Å². The quantitative estimate of drug-likeness (QED) is 0.721. The fraction of sp³-hybridized carbons (Fsp3) is 0.188. The average Bonchev–Trinajstić information content (AvgIpc) is 3.24. The van der Waals surface area contributed by atoms with E-state index >= 15 is 0 Å². The molecule has 0 aromatic carbocycles. The van der Waals surface area contributed by atoms with Crippen molar-refractivity contribution in [1.82, 2.24) is 15.3 Å². The van der Waals surface area contributed by atoms with Crippen LogP contribution in [0.5, 0.6) is 5.75 Å². The average molecular weight is 329 g/mol. The van der Waals surface area contributed by atoms with E-state index in [0.717, 1.165) is 16.5 Å². The number of furan rings is 1. The second-order valence-corrected chi connectivity index (χ2v) is 5.69. The standard InChI is InChI=1S/C16H15N3O3S/c20-15(18-9-14-4-2-6-21-14)7-12-11-23-16(19-12)10-22-13-3-1-5-17-8-13/h1-6,8,11H,7,9-10H2,(H,18,20). The molecule has 0 atom stereocenters. The molecule has 0 saturated carbocycles. The summed E-state index contributed by atoms with van der Waals surface area (Å²) in [6.45, 7) is 0.747. The van der Waals surface area contributed by atoms with Gasteiger partial charge in [-0.1, -0.05) is 0 Å². The molecule has 1 N–H and O–H groups in total. The molecule has 0 saturated heterocycles. The van der Waals surface area contributed by atoms with Gasteiger partial charge >= 0.3 is 0 Å². The predicted molar refractivity (Wildman–Crippen MR) is 84.9 cm³/mol. The third-order valence-electron chi connectivity index (χ3n) is 2.98. The van der Waals surface area contributed by atoms with Crippen LogP contribution in [0.3, 0.4) is 0 Å². The number of ether oxygens (including phenoxy) is 1. The molecule has 0 aliphatic heterocycles. The van der Waals surface area contributed by atoms with Crippen molar-refractivity contribution in [2.75, 3.05) is 0 Å². The molecule has 3 aromatic heterocycles. The highest BCUT2D eigenvalue weighted by atomic mass is 32.1. The molecule has 0 bridgehead atoms. The monoisotopic (exact) mass is 329 g/mol. The zero-order valence-corrected chi connectivity index (χ0v) is 13.1. The first-order valence-corrected chi connectivity index (χ1v) is 7.93. The lowest BCUT2D eigenvalue weighted by Crippen LogP contribution is -2.24. The Hall–Kier alpha value is -2.67. The minimum absolute atomic E-state index is 0.0913. The number of carbonyl (C=O) groups excluding carboxylic acids is 1. The van der Waals surface area contributed by atoms with Gasteiger partial charge in [0.1, 0.15) is 23.1 Å². The Kier molecular flexibility index (Phi) is 5.00. The SMILES string of the molecule is O=C(Cc1csc(COc2cccnc2)n1)NCc1ccco1. The molecule has 7 heteroatoms. The fourth-order valence-corrected chi connectivity index (χ4v) is 2.60. The number of rotatable bonds is 7. The number of thiazole rings is 1. The zero-order chi connectivity index (χ0) is 15.9. The molecule has 0 fully saturated rings. The summed E-state index contributed by atoms with van der Waals surface area (Å²) >= 11 is 1.47. The van der Waals surface area contributed by atoms with E-state index < -0.39 is 0 Å². The third-order valence-corrected chi connectivity index (χ3v) is 3.85. The number of hydrogen-bond acceptors (Lipinski definition) is 6. The molecular weight excluding hydrogens is 314 g/mol. The van der Waals surface area contributed by atoms with E-state index in [2.05, 4.69) is 15.3 Å². The molecule has 0 aliphatic rings. The summed E-state index contributed by atoms with van der Waals surface area (Å²) in [4.78, 5) is 20.2. The van der Waals surface area contributed by atoms with E-state index in [1.165, 1.54) is 11.3 Å². The zero-order valence-electron chi connectivity index (χ0n) is 12.3. The second-order valence-electron chi connectivity index (χ2n) is 4.74. The van der Waals surface area contributed by atoms with Crippen molar-refractivity contribution >= 4 is 17.2 Å². The van der Waals surface area contributed by atoms with E-state index in [1.807, 2.05) is 23.6 Å². The smallest absolute Gasteiger partial charge is 0.226 e. The lowest BCUT2D eigenvalue weighted by atomic mass is 10.3. The van der Waals surface area contributed by atoms with Gasteiger partial charge in [-0.2, -0.15) is 0 Å². The van der Waals surface area contributed by atoms with Crippen LogP contribution >= 0.6 is 11.3 Å². The Morgan fingerprint density at radius 1 is 1.35 bits per heavy atom. The minimum atomic E-state index is -0.0913. The largest absolute Gasteiger partial charge is 0.485 e. The van der Waals surface area contributed by atoms with Crippen molar-refractivity contribution in [3.8, 4) is 5.75 Å². The first-order chi connectivity index (χ1) is 11.3. The van der Waals surface area contributed by atoms with Crippen molar-refractivity contribution in [2.24, 2.45) is 0 Å². The Balaban J connectivity index is 1.46. The van der Waals surface area contributed by atoms with Crippen LogP contribution in [-0.2, 0) is 24.4 Å². The summed E-state index contributed by atoms with van der Waals surface area (Å²) in [5.74, 6) is 1.33. The van der Waals surface area contributed by atoms with E-state index in [4.69, 9.17) is 9.15 Å². The highest BCUT2D eigenvalue weighted by molar-refractivity contribution is 7.09. The number of pyridine rings is 1. The summed E-state index contributed by atoms with van der Waals surface area (Å²) in [5, 5.41) is 5.48. The third kappa shape index (κ3) is 4.65. The van der Waals surface area contributed by atoms with Crippen LogP contribution in [-0.4, -0.2) is 15.9 Å². The normalized spacial score (nSPS) is 10.4. The Bertz CT molecular complexity index is 741. The van der Waals surface area contributed by atoms with Crippen molar-refractivity contribution in [3.63, 3.8) is 0 Å². The lowest BCUT2D eigenvalue weighted by molar-refractivity contribution is -0.120. The van der Waals surface area contributed by atoms with Gasteiger partial charge < -0.3 is 14.5 Å². The summed E-state index contributed by atoms with van der Waals surface area (Å²) in [7, 11) is 0. The highest BCUT2D eigenvalue weighted by Crippen LogP contribution is 2.14. The topological polar surface area (TPSA) is 77.2 Å². The van der Waals surface area contributed by atoms with E-state index in [-0.39, 0.29) is 12.3 Å². The van der Waals surface area contributed by atoms with Gasteiger partial charge in [-0.15, -0.1) is 11.3 Å². The molecule has 3 aromatic rings. The molecule has 0 spiro atoms. The van der Waals surface area contributed by atoms with Crippen LogP contribution in [0.25, 0.3) is 0 Å². The van der Waals surface area contributed by atoms with E-state index in [0.29, 0.717) is 18.9 Å². The van der Waals surface area contributed by atoms with Crippen molar-refractivity contribution in [1.29, 1.82) is 0 Å². The van der Waals surface area contributed by atoms with Gasteiger partial charge in [-0.05, 0) is 24.3 Å². The Morgan fingerprint density at radius 3 is 3.09 bits per heavy atom. The van der Waals surface area contributed by atoms with Gasteiger partial charge in [0.2, 0.25) is 5.91 Å². The molecule has 1 amide bonds. The summed E-state index contributed by atoms with van der Waals surface area (Å²) in [6.07, 6.45) is 5.16. The number of aromatic nitrogens is 2. The molecule has 6 nitrogen and oxygen atoms in total. The van der Waals surface area contributed by atoms with Crippen LogP contribution in [0.15, 0.2) is 52.7 Å². The molecule has 118 valence electrons. The molecule has 0 aliphatic carbocycles. The van der Waals surface area contributed by atoms with Gasteiger partial charge in [0.25, 0.3) is 0 Å². The number of carbonyl (C=O) groups is 1. The first kappa shape index (κ1) is 15.2. The molecule has 23 heavy (non-hydrogen) atoms. The second kappa shape index (κ2) is 7.55. The van der Waals surface area contributed by atoms with E-state index in [9.17, 15) is 4.79 Å². The maximum Gasteiger partial charge on any atom is 0.226 e. The summed E-state index contributed by atoms with van der Waals surface area (Å²) < 4.78 is 10.7. The molecule has 0 radical (unpaired) electrons. The fourth-order valence-electron chi connectivity index (χ4n) is 1.90. The summed E-state index contributed by atoms with van der Waals surface area (Å²) in [5.41, 5.74) is 0.733. The molecular formula is C16H15N3O3S. The number of nitrogens with zero attached hydrogens (tertiary/aromatic N) is 2. The maximum atomic E-state index is 11.9. The molecule has 3 rings (SSSR count). The van der Waals surface area contributed by atoms with Crippen LogP contribution in [0.2, 0.25) is 0 Å². The Labute approximate surface area is 137 Å². The van der Waals surface area contributed by atoms with Crippen LogP contribution in [0, 0.1) is 0 Å². The molecule has 3 heterocycles. The van der Waals surface area contributed by atoms with Crippen molar-refractivity contribution in [2.45, 2.75) is 19.6 Å². The van der Waals surface area contributed by atoms with Gasteiger partial charge in [0, 0.05) is 11.6 Å². The van der Waals surface area contributed by atoms with Crippen LogP contribution < -0.4 is 10.1 Å². The number of nitrogens with one attached hydrogen (secondary N) is 1. The van der Waals surface area contributed by atoms with Gasteiger partial charge in [0.05, 0.1) is 31.1 Å². The van der Waals surface area contributed by atoms with Gasteiger partial charge in [-0.25, -0.2) is 4.98 Å². The summed E-state index contributed by atoms with van der Waals surface area (Å²) in [6, 6.07) is 7.25. The first-order valence-electron chi connectivity index (χ1n) is 7.05. The number of hydrogen-bond donors (Lipinski definition) is 1. The van der Waals surface area contributed by atoms with Crippen LogP contribution in [0.1, 0.15) is 16.5 Å². The number of amides is 1. The van der Waals surface area contributed by atoms with Crippen molar-refractivity contribution in [3.05, 3.63) is 64.8 Å². The molecule has 0 unspecified atom stereocenters. The highest BCUT2D eigenvalue weighted by Gasteiger charge is 2.09. The van der Waals surface area contributed by atoms with E-state index in [1.54, 1.807) is 24.7 Å². The Morgan fingerprint density at radius 2 is 2.30 bits per heavy atom. The minimum Gasteiger partial charge on any atom is -0.485 e. The predicted octanol–water partition coefficient (Wildman–Crippen LogP) is 2.57. The van der Waals surface area contributed by atoms with Gasteiger partial charge in [-0.3, -0.25) is 9.78 Å². The maximum absolute atomic E-state index is 11.9. The lowest BCUT2D eigenvalue weighted by Gasteiger charge is -2.02.